The van der Waals surface area contributed by atoms with Crippen LogP contribution in [0.15, 0.2) is 28.7 Å². The maximum absolute atomic E-state index is 5.66. The molecule has 0 spiro atoms. The van der Waals surface area contributed by atoms with Gasteiger partial charge >= 0.3 is 0 Å². The lowest BCUT2D eigenvalue weighted by Gasteiger charge is -2.16. The molecule has 0 radical (unpaired) electrons. The minimum atomic E-state index is 0.272. The highest BCUT2D eigenvalue weighted by Crippen LogP contribution is 2.24. The summed E-state index contributed by atoms with van der Waals surface area (Å²) < 4.78 is 7.95. The predicted molar refractivity (Wildman–Crippen MR) is 61.2 cm³/mol. The molecule has 0 amide bonds. The number of hydrogen-bond acceptors (Lipinski definition) is 1. The van der Waals surface area contributed by atoms with Crippen molar-refractivity contribution in [3.8, 4) is 0 Å². The van der Waals surface area contributed by atoms with Gasteiger partial charge in [0.05, 0.1) is 6.04 Å². The Kier molecular flexibility index (Phi) is 2.43. The minimum Gasteiger partial charge on any atom is -0.464 e. The molecule has 0 aliphatic heterocycles. The van der Waals surface area contributed by atoms with Gasteiger partial charge in [-0.25, -0.2) is 0 Å². The molecule has 2 rings (SSSR count). The molecule has 0 aromatic carbocycles. The van der Waals surface area contributed by atoms with Crippen molar-refractivity contribution < 1.29 is 4.42 Å². The Balaban J connectivity index is 2.40. The minimum absolute atomic E-state index is 0.272. The zero-order chi connectivity index (χ0) is 11.0. The highest BCUT2D eigenvalue weighted by atomic mass is 16.3. The van der Waals surface area contributed by atoms with E-state index in [9.17, 15) is 0 Å². The molecule has 0 saturated carbocycles. The normalized spacial score (nSPS) is 13.1. The first-order valence-corrected chi connectivity index (χ1v) is 5.30. The van der Waals surface area contributed by atoms with Crippen LogP contribution in [0.2, 0.25) is 0 Å². The van der Waals surface area contributed by atoms with E-state index in [2.05, 4.69) is 43.5 Å². The Morgan fingerprint density at radius 2 is 1.60 bits per heavy atom. The van der Waals surface area contributed by atoms with Gasteiger partial charge in [0.2, 0.25) is 0 Å². The van der Waals surface area contributed by atoms with Gasteiger partial charge in [0.1, 0.15) is 11.5 Å². The van der Waals surface area contributed by atoms with Crippen molar-refractivity contribution in [2.24, 2.45) is 0 Å². The van der Waals surface area contributed by atoms with Crippen molar-refractivity contribution in [2.75, 3.05) is 0 Å². The SMILES string of the molecule is Cc1ccc(C(C)n2c(C)ccc2C)o1. The first-order valence-electron chi connectivity index (χ1n) is 5.30. The molecule has 0 N–H and O–H groups in total. The van der Waals surface area contributed by atoms with Crippen molar-refractivity contribution in [1.29, 1.82) is 0 Å². The van der Waals surface area contributed by atoms with E-state index in [-0.39, 0.29) is 6.04 Å². The van der Waals surface area contributed by atoms with Crippen LogP contribution in [0, 0.1) is 20.8 Å². The summed E-state index contributed by atoms with van der Waals surface area (Å²) in [6, 6.07) is 8.62. The number of aromatic nitrogens is 1. The highest BCUT2D eigenvalue weighted by molar-refractivity contribution is 5.19. The highest BCUT2D eigenvalue weighted by Gasteiger charge is 2.14. The summed E-state index contributed by atoms with van der Waals surface area (Å²) in [6.45, 7) is 8.39. The van der Waals surface area contributed by atoms with Crippen LogP contribution in [0.4, 0.5) is 0 Å². The van der Waals surface area contributed by atoms with Gasteiger partial charge in [-0.2, -0.15) is 0 Å². The fourth-order valence-corrected chi connectivity index (χ4v) is 2.10. The van der Waals surface area contributed by atoms with E-state index < -0.39 is 0 Å². The molecule has 80 valence electrons. The third-order valence-corrected chi connectivity index (χ3v) is 2.89. The van der Waals surface area contributed by atoms with Gasteiger partial charge in [-0.05, 0) is 52.0 Å². The Bertz CT molecular complexity index is 445. The Labute approximate surface area is 90.5 Å². The van der Waals surface area contributed by atoms with Crippen molar-refractivity contribution in [1.82, 2.24) is 4.57 Å². The lowest BCUT2D eigenvalue weighted by atomic mass is 10.2. The van der Waals surface area contributed by atoms with Gasteiger partial charge in [0, 0.05) is 11.4 Å². The summed E-state index contributed by atoms with van der Waals surface area (Å²) in [5.74, 6) is 1.99. The summed E-state index contributed by atoms with van der Waals surface area (Å²) >= 11 is 0. The van der Waals surface area contributed by atoms with Crippen LogP contribution in [0.1, 0.15) is 35.9 Å². The molecule has 0 aliphatic rings. The monoisotopic (exact) mass is 203 g/mol. The maximum atomic E-state index is 5.66. The van der Waals surface area contributed by atoms with Crippen molar-refractivity contribution in [2.45, 2.75) is 33.7 Å². The third kappa shape index (κ3) is 1.72. The van der Waals surface area contributed by atoms with E-state index in [1.807, 2.05) is 13.0 Å². The molecule has 0 bridgehead atoms. The first-order chi connectivity index (χ1) is 7.09. The Morgan fingerprint density at radius 1 is 1.00 bits per heavy atom. The fraction of sp³-hybridized carbons (Fsp3) is 0.385. The molecular weight excluding hydrogens is 186 g/mol. The van der Waals surface area contributed by atoms with Crippen LogP contribution in [0.25, 0.3) is 0 Å². The van der Waals surface area contributed by atoms with Gasteiger partial charge in [-0.15, -0.1) is 0 Å². The van der Waals surface area contributed by atoms with E-state index in [0.29, 0.717) is 0 Å². The lowest BCUT2D eigenvalue weighted by Crippen LogP contribution is -2.08. The van der Waals surface area contributed by atoms with Crippen molar-refractivity contribution in [3.63, 3.8) is 0 Å². The second kappa shape index (κ2) is 3.61. The predicted octanol–water partition coefficient (Wildman–Crippen LogP) is 3.62. The molecule has 2 aromatic heterocycles. The van der Waals surface area contributed by atoms with Crippen LogP contribution in [0.5, 0.6) is 0 Å². The average molecular weight is 203 g/mol. The number of hydrogen-bond donors (Lipinski definition) is 0. The second-order valence-electron chi connectivity index (χ2n) is 4.11. The van der Waals surface area contributed by atoms with Gasteiger partial charge in [-0.1, -0.05) is 0 Å². The first kappa shape index (κ1) is 10.1. The van der Waals surface area contributed by atoms with Crippen LogP contribution in [0.3, 0.4) is 0 Å². The van der Waals surface area contributed by atoms with Crippen LogP contribution in [-0.4, -0.2) is 4.57 Å². The van der Waals surface area contributed by atoms with Crippen molar-refractivity contribution >= 4 is 0 Å². The summed E-state index contributed by atoms with van der Waals surface area (Å²) in [5, 5.41) is 0. The summed E-state index contributed by atoms with van der Waals surface area (Å²) in [5.41, 5.74) is 2.54. The summed E-state index contributed by atoms with van der Waals surface area (Å²) in [6.07, 6.45) is 0. The molecule has 15 heavy (non-hydrogen) atoms. The van der Waals surface area contributed by atoms with E-state index in [1.54, 1.807) is 0 Å². The number of furan rings is 1. The molecule has 0 aliphatic carbocycles. The zero-order valence-electron chi connectivity index (χ0n) is 9.74. The number of rotatable bonds is 2. The van der Waals surface area contributed by atoms with E-state index in [1.165, 1.54) is 11.4 Å². The third-order valence-electron chi connectivity index (χ3n) is 2.89. The summed E-state index contributed by atoms with van der Waals surface area (Å²) in [7, 11) is 0. The van der Waals surface area contributed by atoms with E-state index in [4.69, 9.17) is 4.42 Å². The molecule has 0 saturated heterocycles. The molecule has 1 atom stereocenters. The standard InChI is InChI=1S/C13H17NO/c1-9-5-6-10(2)14(9)12(4)13-8-7-11(3)15-13/h5-8,12H,1-4H3. The van der Waals surface area contributed by atoms with Gasteiger partial charge < -0.3 is 8.98 Å². The zero-order valence-corrected chi connectivity index (χ0v) is 9.74. The smallest absolute Gasteiger partial charge is 0.126 e. The van der Waals surface area contributed by atoms with Crippen LogP contribution >= 0.6 is 0 Å². The Hall–Kier alpha value is -1.44. The molecule has 0 fully saturated rings. The summed E-state index contributed by atoms with van der Waals surface area (Å²) in [4.78, 5) is 0. The molecule has 2 heteroatoms. The quantitative estimate of drug-likeness (QED) is 0.729. The average Bonchev–Trinajstić information content (AvgIpc) is 2.73. The van der Waals surface area contributed by atoms with E-state index in [0.717, 1.165) is 11.5 Å². The number of nitrogens with zero attached hydrogens (tertiary/aromatic N) is 1. The molecule has 2 heterocycles. The molecule has 2 aromatic rings. The topological polar surface area (TPSA) is 18.1 Å². The van der Waals surface area contributed by atoms with Crippen LogP contribution < -0.4 is 0 Å². The van der Waals surface area contributed by atoms with Crippen LogP contribution in [-0.2, 0) is 0 Å². The largest absolute Gasteiger partial charge is 0.464 e. The maximum Gasteiger partial charge on any atom is 0.126 e. The van der Waals surface area contributed by atoms with Gasteiger partial charge in [-0.3, -0.25) is 0 Å². The van der Waals surface area contributed by atoms with Gasteiger partial charge in [0.15, 0.2) is 0 Å². The molecule has 2 nitrogen and oxygen atoms in total. The number of aryl methyl sites for hydroxylation is 3. The van der Waals surface area contributed by atoms with Crippen molar-refractivity contribution in [3.05, 3.63) is 47.2 Å². The second-order valence-corrected chi connectivity index (χ2v) is 4.11. The van der Waals surface area contributed by atoms with Gasteiger partial charge in [0.25, 0.3) is 0 Å². The Morgan fingerprint density at radius 3 is 2.07 bits per heavy atom. The molecule has 1 unspecified atom stereocenters. The van der Waals surface area contributed by atoms with E-state index >= 15 is 0 Å². The molecular formula is C13H17NO. The lowest BCUT2D eigenvalue weighted by molar-refractivity contribution is 0.423. The fourth-order valence-electron chi connectivity index (χ4n) is 2.10.